The summed E-state index contributed by atoms with van der Waals surface area (Å²) in [5, 5.41) is 45.2. The number of carboxylic acid groups (broad SMARTS) is 2. The zero-order chi connectivity index (χ0) is 37.7. The van der Waals surface area contributed by atoms with Crippen LogP contribution in [-0.4, -0.2) is 124 Å². The number of aliphatic carboxylic acids is 2. The molecule has 7 rings (SSSR count). The summed E-state index contributed by atoms with van der Waals surface area (Å²) in [6.45, 7) is 5.60. The number of nitrogens with two attached hydrogens (primary N) is 1. The van der Waals surface area contributed by atoms with Crippen molar-refractivity contribution in [2.24, 2.45) is 16.5 Å². The van der Waals surface area contributed by atoms with Crippen molar-refractivity contribution in [1.82, 2.24) is 19.6 Å². The Morgan fingerprint density at radius 1 is 1.17 bits per heavy atom. The number of β-lactam (4-membered cyclic amide) rings is 1. The maximum Gasteiger partial charge on any atom is 0.352 e. The second-order valence-corrected chi connectivity index (χ2v) is 16.4. The second-order valence-electron chi connectivity index (χ2n) is 14.1. The molecule has 6 heterocycles. The van der Waals surface area contributed by atoms with Gasteiger partial charge in [0.2, 0.25) is 17.3 Å². The van der Waals surface area contributed by atoms with Crippen molar-refractivity contribution in [1.29, 1.82) is 0 Å². The quantitative estimate of drug-likeness (QED) is 0.0560. The van der Waals surface area contributed by atoms with Crippen LogP contribution in [0.2, 0.25) is 5.02 Å². The first-order valence-corrected chi connectivity index (χ1v) is 18.5. The molecule has 0 saturated carbocycles. The number of fused-ring (bicyclic) bond motifs is 4. The number of phenolic OH excluding ortho intramolecular Hbond substituents is 2. The number of nitrogens with zero attached hydrogens (tertiary/aromatic N) is 5. The van der Waals surface area contributed by atoms with Gasteiger partial charge in [0.25, 0.3) is 5.91 Å². The lowest BCUT2D eigenvalue weighted by Gasteiger charge is -2.56. The molecule has 2 bridgehead atoms. The van der Waals surface area contributed by atoms with Gasteiger partial charge in [-0.2, -0.15) is 9.36 Å². The van der Waals surface area contributed by atoms with Crippen LogP contribution in [0, 0.1) is 11.3 Å². The van der Waals surface area contributed by atoms with E-state index in [0.717, 1.165) is 50.4 Å². The summed E-state index contributed by atoms with van der Waals surface area (Å²) >= 11 is 8.25. The molecule has 2 amide bonds. The van der Waals surface area contributed by atoms with Crippen LogP contribution in [-0.2, 0) is 24.0 Å². The van der Waals surface area contributed by atoms with Crippen LogP contribution in [0.25, 0.3) is 0 Å². The van der Waals surface area contributed by atoms with Crippen LogP contribution in [0.4, 0.5) is 5.13 Å². The number of amides is 2. The summed E-state index contributed by atoms with van der Waals surface area (Å²) in [5.74, 6) is -5.89. The number of carboxylic acids is 2. The van der Waals surface area contributed by atoms with Gasteiger partial charge in [-0.3, -0.25) is 19.3 Å². The van der Waals surface area contributed by atoms with E-state index in [0.29, 0.717) is 28.9 Å². The van der Waals surface area contributed by atoms with Crippen molar-refractivity contribution in [2.75, 3.05) is 44.2 Å². The molecule has 0 aliphatic carbocycles. The smallest absolute Gasteiger partial charge is 0.352 e. The molecule has 1 aromatic heterocycles. The fourth-order valence-corrected chi connectivity index (χ4v) is 9.20. The summed E-state index contributed by atoms with van der Waals surface area (Å²) in [6.07, 6.45) is 2.01. The molecule has 0 spiro atoms. The number of aromatic nitrogens is 2. The highest BCUT2D eigenvalue weighted by Gasteiger charge is 2.56. The number of phenols is 2. The van der Waals surface area contributed by atoms with Gasteiger partial charge >= 0.3 is 11.9 Å². The number of hydrogen-bond donors (Lipinski definition) is 6. The molecule has 52 heavy (non-hydrogen) atoms. The first-order chi connectivity index (χ1) is 24.5. The number of carbonyl (C=O) groups is 5. The van der Waals surface area contributed by atoms with Crippen molar-refractivity contribution in [3.05, 3.63) is 39.8 Å². The third kappa shape index (κ3) is 6.89. The van der Waals surface area contributed by atoms with Gasteiger partial charge in [0, 0.05) is 60.5 Å². The summed E-state index contributed by atoms with van der Waals surface area (Å²) in [5.41, 5.74) is 3.99. The average Bonchev–Trinajstić information content (AvgIpc) is 3.54. The van der Waals surface area contributed by atoms with Gasteiger partial charge in [0.1, 0.15) is 12.2 Å². The molecular formula is C32H37ClN7O10S2+. The first kappa shape index (κ1) is 37.3. The zero-order valence-electron chi connectivity index (χ0n) is 28.1. The van der Waals surface area contributed by atoms with Gasteiger partial charge < -0.3 is 40.8 Å². The third-order valence-corrected chi connectivity index (χ3v) is 12.7. The monoisotopic (exact) mass is 778 g/mol. The average molecular weight is 779 g/mol. The molecule has 5 aliphatic rings. The Morgan fingerprint density at radius 2 is 1.85 bits per heavy atom. The lowest BCUT2D eigenvalue weighted by atomic mass is 9.70. The maximum atomic E-state index is 13.5. The number of anilines is 1. The largest absolute Gasteiger partial charge is 0.504 e. The number of nitrogen functional groups attached to an aromatic ring is 1. The Labute approximate surface area is 310 Å². The molecule has 4 fully saturated rings. The number of halogens is 1. The fraction of sp³-hybridized carbons (Fsp3) is 0.500. The molecule has 1 aromatic carbocycles. The summed E-state index contributed by atoms with van der Waals surface area (Å²) in [6, 6.07) is 2.55. The number of carbonyl (C=O) groups excluding carboxylic acids is 3. The van der Waals surface area contributed by atoms with E-state index >= 15 is 0 Å². The molecular weight excluding hydrogens is 742 g/mol. The number of ketones is 1. The standard InChI is InChI=1S/C32H36ClN7O10S2/c1-31(2,29(48)49)50-37-21(24-36-30(34)52-38-24)19(42)11-17-26(45)39-22(28(46)47)15(13-51-27(17)39)12-40-8-5-32(6-9-40,7-10-40)14-35-25(44)16-3-4-18(41)23(43)20(16)33/h3-4,17,27H,5-14H2,1-2H3,(H6-,34,35,36,37,38,41,42,43,44,46,47,48,49)/p+1/t17-,27-,32?,40?/m1/s1. The van der Waals surface area contributed by atoms with Crippen molar-refractivity contribution in [3.63, 3.8) is 0 Å². The zero-order valence-corrected chi connectivity index (χ0v) is 30.5. The number of oxime groups is 1. The van der Waals surface area contributed by atoms with Gasteiger partial charge in [-0.1, -0.05) is 16.8 Å². The number of aromatic hydroxyl groups is 2. The molecule has 4 saturated heterocycles. The van der Waals surface area contributed by atoms with Crippen LogP contribution in [0.5, 0.6) is 11.5 Å². The van der Waals surface area contributed by atoms with E-state index in [2.05, 4.69) is 19.8 Å². The number of benzene rings is 1. The van der Waals surface area contributed by atoms with E-state index in [1.807, 2.05) is 0 Å². The summed E-state index contributed by atoms with van der Waals surface area (Å²) in [7, 11) is 0. The molecule has 20 heteroatoms. The van der Waals surface area contributed by atoms with E-state index in [4.69, 9.17) is 22.2 Å². The molecule has 0 unspecified atom stereocenters. The Kier molecular flexibility index (Phi) is 9.92. The highest BCUT2D eigenvalue weighted by Crippen LogP contribution is 2.48. The number of quaternary nitrogens is 1. The third-order valence-electron chi connectivity index (χ3n) is 10.4. The van der Waals surface area contributed by atoms with Crippen molar-refractivity contribution in [3.8, 4) is 11.5 Å². The highest BCUT2D eigenvalue weighted by atomic mass is 35.5. The first-order valence-electron chi connectivity index (χ1n) is 16.3. The van der Waals surface area contributed by atoms with Crippen LogP contribution in [0.1, 0.15) is 55.7 Å². The Morgan fingerprint density at radius 3 is 2.44 bits per heavy atom. The summed E-state index contributed by atoms with van der Waals surface area (Å²) in [4.78, 5) is 74.4. The van der Waals surface area contributed by atoms with Gasteiger partial charge in [-0.15, -0.1) is 11.8 Å². The molecule has 2 atom stereocenters. The van der Waals surface area contributed by atoms with Crippen LogP contribution < -0.4 is 11.1 Å². The van der Waals surface area contributed by atoms with Crippen LogP contribution in [0.15, 0.2) is 28.6 Å². The molecule has 17 nitrogen and oxygen atoms in total. The maximum absolute atomic E-state index is 13.5. The van der Waals surface area contributed by atoms with Gasteiger partial charge in [-0.25, -0.2) is 9.59 Å². The van der Waals surface area contributed by atoms with Crippen LogP contribution >= 0.6 is 34.9 Å². The normalized spacial score (nSPS) is 25.7. The predicted octanol–water partition coefficient (Wildman–Crippen LogP) is 2.03. The fourth-order valence-electron chi connectivity index (χ4n) is 7.12. The molecule has 7 N–H and O–H groups in total. The highest BCUT2D eigenvalue weighted by molar-refractivity contribution is 8.00. The number of hydrogen-bond acceptors (Lipinski definition) is 14. The van der Waals surface area contributed by atoms with Gasteiger partial charge in [0.05, 0.1) is 41.5 Å². The number of thioether (sulfide) groups is 1. The predicted molar refractivity (Wildman–Crippen MR) is 188 cm³/mol. The topological polar surface area (TPSA) is 255 Å². The molecule has 2 aromatic rings. The number of piperidine rings is 3. The van der Waals surface area contributed by atoms with Gasteiger partial charge in [0.15, 0.2) is 28.1 Å². The molecule has 0 radical (unpaired) electrons. The van der Waals surface area contributed by atoms with Crippen molar-refractivity contribution < 1.29 is 53.7 Å². The minimum Gasteiger partial charge on any atom is -0.504 e. The summed E-state index contributed by atoms with van der Waals surface area (Å²) < 4.78 is 4.65. The van der Waals surface area contributed by atoms with E-state index in [-0.39, 0.29) is 39.1 Å². The SMILES string of the molecule is CC(C)(O/N=C(/C(=O)C[C@@H]1C(=O)N2C(C(=O)O)=C(C[N+]34CCC(CNC(=O)c5ccc(O)c(O)c5Cl)(CC3)CC4)CS[C@H]12)c1nsc(N)n1)C(=O)O. The second kappa shape index (κ2) is 13.8. The lowest BCUT2D eigenvalue weighted by molar-refractivity contribution is -0.941. The Hall–Kier alpha value is -4.46. The molecule has 5 aliphatic heterocycles. The van der Waals surface area contributed by atoms with E-state index in [1.165, 1.54) is 42.6 Å². The number of rotatable bonds is 13. The Bertz CT molecular complexity index is 1910. The van der Waals surface area contributed by atoms with E-state index in [1.54, 1.807) is 0 Å². The van der Waals surface area contributed by atoms with E-state index in [9.17, 15) is 44.4 Å². The van der Waals surface area contributed by atoms with Crippen molar-refractivity contribution >= 4 is 75.3 Å². The molecule has 278 valence electrons. The minimum atomic E-state index is -1.78. The van der Waals surface area contributed by atoms with Crippen LogP contribution in [0.3, 0.4) is 0 Å². The van der Waals surface area contributed by atoms with E-state index < -0.39 is 63.6 Å². The number of nitrogens with one attached hydrogen (secondary N) is 1. The number of Topliss-reactive ketones (excluding diaryl/α,β-unsaturated/α-hetero) is 1. The minimum absolute atomic E-state index is 0.0367. The Balaban J connectivity index is 1.11. The van der Waals surface area contributed by atoms with Crippen molar-refractivity contribution in [2.45, 2.75) is 50.5 Å². The lowest BCUT2D eigenvalue weighted by Crippen LogP contribution is -2.66. The van der Waals surface area contributed by atoms with Gasteiger partial charge in [-0.05, 0) is 26.0 Å².